The van der Waals surface area contributed by atoms with Gasteiger partial charge in [-0.15, -0.1) is 22.7 Å². The lowest BCUT2D eigenvalue weighted by Crippen LogP contribution is -2.62. The molecule has 1 nitrogen and oxygen atoms in total. The normalized spacial score (nSPS) is 23.6. The minimum atomic E-state index is 0.149. The number of hydrogen-bond donors (Lipinski definition) is 1. The average Bonchev–Trinajstić information content (AvgIpc) is 2.99. The first kappa shape index (κ1) is 14.3. The highest BCUT2D eigenvalue weighted by Gasteiger charge is 2.49. The highest BCUT2D eigenvalue weighted by atomic mass is 32.1. The highest BCUT2D eigenvalue weighted by Crippen LogP contribution is 2.51. The van der Waals surface area contributed by atoms with Crippen LogP contribution in [0.15, 0.2) is 35.0 Å². The number of thiophene rings is 2. The minimum Gasteiger partial charge on any atom is -0.307 e. The Hall–Kier alpha value is -0.640. The average molecular weight is 306 g/mol. The van der Waals surface area contributed by atoms with Crippen molar-refractivity contribution in [3.63, 3.8) is 0 Å². The second-order valence-electron chi connectivity index (χ2n) is 7.28. The third kappa shape index (κ3) is 2.47. The van der Waals surface area contributed by atoms with E-state index in [0.29, 0.717) is 0 Å². The summed E-state index contributed by atoms with van der Waals surface area (Å²) in [5.41, 5.74) is 0.464. The third-order valence-electron chi connectivity index (χ3n) is 4.15. The van der Waals surface area contributed by atoms with Crippen LogP contribution in [0.4, 0.5) is 0 Å². The summed E-state index contributed by atoms with van der Waals surface area (Å²) in [6.45, 7) is 9.35. The molecular formula is C17H23NS2. The molecular weight excluding hydrogens is 282 g/mol. The van der Waals surface area contributed by atoms with Gasteiger partial charge in [0.1, 0.15) is 0 Å². The van der Waals surface area contributed by atoms with E-state index in [4.69, 9.17) is 0 Å². The van der Waals surface area contributed by atoms with Crippen molar-refractivity contribution in [2.75, 3.05) is 0 Å². The fraction of sp³-hybridized carbons (Fsp3) is 0.529. The van der Waals surface area contributed by atoms with E-state index in [0.717, 1.165) is 12.8 Å². The van der Waals surface area contributed by atoms with Crippen molar-refractivity contribution in [2.24, 2.45) is 0 Å². The maximum Gasteiger partial charge on any atom is 0.0424 e. The summed E-state index contributed by atoms with van der Waals surface area (Å²) in [5, 5.41) is 8.25. The number of nitrogens with one attached hydrogen (secondary N) is 1. The van der Waals surface area contributed by atoms with Crippen molar-refractivity contribution < 1.29 is 0 Å². The molecule has 0 atom stereocenters. The van der Waals surface area contributed by atoms with E-state index in [9.17, 15) is 0 Å². The van der Waals surface area contributed by atoms with Crippen molar-refractivity contribution in [1.29, 1.82) is 0 Å². The molecule has 0 aliphatic carbocycles. The maximum atomic E-state index is 3.82. The van der Waals surface area contributed by atoms with E-state index in [-0.39, 0.29) is 16.5 Å². The van der Waals surface area contributed by atoms with Gasteiger partial charge in [-0.2, -0.15) is 0 Å². The Morgan fingerprint density at radius 1 is 0.850 bits per heavy atom. The monoisotopic (exact) mass is 305 g/mol. The van der Waals surface area contributed by atoms with Crippen molar-refractivity contribution in [3.05, 3.63) is 44.8 Å². The van der Waals surface area contributed by atoms with Crippen LogP contribution in [0.2, 0.25) is 0 Å². The zero-order valence-corrected chi connectivity index (χ0v) is 14.3. The number of piperidine rings is 1. The molecule has 0 unspecified atom stereocenters. The van der Waals surface area contributed by atoms with Gasteiger partial charge in [-0.3, -0.25) is 0 Å². The lowest BCUT2D eigenvalue weighted by Gasteiger charge is -2.52. The Morgan fingerprint density at radius 3 is 1.65 bits per heavy atom. The quantitative estimate of drug-likeness (QED) is 0.820. The summed E-state index contributed by atoms with van der Waals surface area (Å²) >= 11 is 3.81. The second-order valence-corrected chi connectivity index (χ2v) is 9.18. The molecule has 2 aromatic rings. The molecule has 0 amide bonds. The summed E-state index contributed by atoms with van der Waals surface area (Å²) in [4.78, 5) is 3.03. The Bertz CT molecular complexity index is 512. The first-order valence-electron chi connectivity index (χ1n) is 7.20. The SMILES string of the molecule is CC1(C)CC(c2cccs2)(c2cccs2)CC(C)(C)N1. The molecule has 1 saturated heterocycles. The molecule has 1 aliphatic rings. The van der Waals surface area contributed by atoms with E-state index in [2.05, 4.69) is 68.0 Å². The van der Waals surface area contributed by atoms with Crippen LogP contribution in [-0.2, 0) is 5.41 Å². The Balaban J connectivity index is 2.16. The van der Waals surface area contributed by atoms with Gasteiger partial charge in [-0.05, 0) is 63.4 Å². The van der Waals surface area contributed by atoms with Crippen LogP contribution in [0.1, 0.15) is 50.3 Å². The standard InChI is InChI=1S/C17H23NS2/c1-15(2)11-17(12-16(3,4)18-15,13-7-5-9-19-13)14-8-6-10-20-14/h5-10,18H,11-12H2,1-4H3. The van der Waals surface area contributed by atoms with E-state index in [1.54, 1.807) is 0 Å². The van der Waals surface area contributed by atoms with E-state index >= 15 is 0 Å². The lowest BCUT2D eigenvalue weighted by atomic mass is 9.64. The van der Waals surface area contributed by atoms with Crippen molar-refractivity contribution in [2.45, 2.75) is 57.0 Å². The third-order valence-corrected chi connectivity index (χ3v) is 6.30. The summed E-state index contributed by atoms with van der Waals surface area (Å²) in [6.07, 6.45) is 2.31. The predicted molar refractivity (Wildman–Crippen MR) is 89.9 cm³/mol. The van der Waals surface area contributed by atoms with Gasteiger partial charge in [0.15, 0.2) is 0 Å². The smallest absolute Gasteiger partial charge is 0.0424 e. The zero-order chi connectivity index (χ0) is 14.4. The van der Waals surface area contributed by atoms with Gasteiger partial charge in [0, 0.05) is 26.2 Å². The fourth-order valence-electron chi connectivity index (χ4n) is 4.15. The van der Waals surface area contributed by atoms with Gasteiger partial charge >= 0.3 is 0 Å². The van der Waals surface area contributed by atoms with Crippen molar-refractivity contribution in [1.82, 2.24) is 5.32 Å². The molecule has 108 valence electrons. The van der Waals surface area contributed by atoms with Gasteiger partial charge < -0.3 is 5.32 Å². The first-order chi connectivity index (χ1) is 9.33. The molecule has 0 aromatic carbocycles. The van der Waals surface area contributed by atoms with Crippen LogP contribution >= 0.6 is 22.7 Å². The Kier molecular flexibility index (Phi) is 3.35. The van der Waals surface area contributed by atoms with Gasteiger partial charge in [-0.1, -0.05) is 12.1 Å². The lowest BCUT2D eigenvalue weighted by molar-refractivity contribution is 0.126. The molecule has 3 heterocycles. The van der Waals surface area contributed by atoms with E-state index in [1.807, 2.05) is 22.7 Å². The largest absolute Gasteiger partial charge is 0.307 e. The second kappa shape index (κ2) is 4.69. The van der Waals surface area contributed by atoms with Crippen LogP contribution in [0.3, 0.4) is 0 Å². The van der Waals surface area contributed by atoms with Crippen molar-refractivity contribution in [3.8, 4) is 0 Å². The molecule has 20 heavy (non-hydrogen) atoms. The topological polar surface area (TPSA) is 12.0 Å². The molecule has 0 spiro atoms. The molecule has 1 N–H and O–H groups in total. The van der Waals surface area contributed by atoms with E-state index in [1.165, 1.54) is 9.75 Å². The molecule has 2 aromatic heterocycles. The molecule has 1 aliphatic heterocycles. The molecule has 0 saturated carbocycles. The van der Waals surface area contributed by atoms with Crippen LogP contribution in [0, 0.1) is 0 Å². The summed E-state index contributed by atoms with van der Waals surface area (Å²) in [5.74, 6) is 0. The predicted octanol–water partition coefficient (Wildman–Crippen LogP) is 5.04. The first-order valence-corrected chi connectivity index (χ1v) is 8.96. The Labute approximate surface area is 130 Å². The molecule has 1 fully saturated rings. The summed E-state index contributed by atoms with van der Waals surface area (Å²) in [6, 6.07) is 9.03. The molecule has 0 radical (unpaired) electrons. The summed E-state index contributed by atoms with van der Waals surface area (Å²) < 4.78 is 0. The molecule has 3 rings (SSSR count). The summed E-state index contributed by atoms with van der Waals surface area (Å²) in [7, 11) is 0. The van der Waals surface area contributed by atoms with Crippen molar-refractivity contribution >= 4 is 22.7 Å². The maximum absolute atomic E-state index is 3.82. The molecule has 0 bridgehead atoms. The van der Waals surface area contributed by atoms with Crippen LogP contribution in [-0.4, -0.2) is 11.1 Å². The van der Waals surface area contributed by atoms with Crippen LogP contribution < -0.4 is 5.32 Å². The number of hydrogen-bond acceptors (Lipinski definition) is 3. The Morgan fingerprint density at radius 2 is 1.30 bits per heavy atom. The van der Waals surface area contributed by atoms with Gasteiger partial charge in [-0.25, -0.2) is 0 Å². The highest BCUT2D eigenvalue weighted by molar-refractivity contribution is 7.11. The van der Waals surface area contributed by atoms with Crippen LogP contribution in [0.5, 0.6) is 0 Å². The van der Waals surface area contributed by atoms with Gasteiger partial charge in [0.2, 0.25) is 0 Å². The van der Waals surface area contributed by atoms with Crippen LogP contribution in [0.25, 0.3) is 0 Å². The minimum absolute atomic E-state index is 0.149. The fourth-order valence-corrected chi connectivity index (χ4v) is 6.09. The zero-order valence-electron chi connectivity index (χ0n) is 12.7. The van der Waals surface area contributed by atoms with E-state index < -0.39 is 0 Å². The van der Waals surface area contributed by atoms with Gasteiger partial charge in [0.25, 0.3) is 0 Å². The molecule has 3 heteroatoms. The van der Waals surface area contributed by atoms with Gasteiger partial charge in [0.05, 0.1) is 0 Å². The number of rotatable bonds is 2.